The molecule has 0 saturated heterocycles. The van der Waals surface area contributed by atoms with Crippen LogP contribution in [0.5, 0.6) is 0 Å². The highest BCUT2D eigenvalue weighted by atomic mass is 16.4. The molecule has 1 unspecified atom stereocenters. The number of aliphatic carboxylic acids is 1. The number of hydrogen-bond acceptors (Lipinski definition) is 4. The summed E-state index contributed by atoms with van der Waals surface area (Å²) < 4.78 is 0. The van der Waals surface area contributed by atoms with Gasteiger partial charge in [0.05, 0.1) is 0 Å². The van der Waals surface area contributed by atoms with Crippen molar-refractivity contribution >= 4 is 5.97 Å². The molecule has 1 rings (SSSR count). The number of hydrogen-bond donors (Lipinski definition) is 2. The van der Waals surface area contributed by atoms with Gasteiger partial charge in [-0.2, -0.15) is 0 Å². The molecule has 1 heterocycles. The van der Waals surface area contributed by atoms with Crippen LogP contribution in [0.15, 0.2) is 12.3 Å². The highest BCUT2D eigenvalue weighted by molar-refractivity contribution is 5.73. The monoisotopic (exact) mass is 195 g/mol. The minimum atomic E-state index is -1.13. The zero-order chi connectivity index (χ0) is 10.6. The Morgan fingerprint density at radius 3 is 3.00 bits per heavy atom. The number of nitrogens with two attached hydrogens (primary N) is 1. The Kier molecular flexibility index (Phi) is 3.53. The average molecular weight is 195 g/mol. The molecule has 0 bridgehead atoms. The van der Waals surface area contributed by atoms with Crippen LogP contribution in [0, 0.1) is 0 Å². The first-order valence-corrected chi connectivity index (χ1v) is 4.45. The van der Waals surface area contributed by atoms with Crippen LogP contribution in [0.25, 0.3) is 0 Å². The second kappa shape index (κ2) is 4.66. The van der Waals surface area contributed by atoms with Gasteiger partial charge in [-0.1, -0.05) is 13.3 Å². The molecule has 0 aliphatic carbocycles. The fourth-order valence-corrected chi connectivity index (χ4v) is 1.07. The normalized spacial score (nSPS) is 12.4. The molecule has 0 amide bonds. The van der Waals surface area contributed by atoms with E-state index in [9.17, 15) is 4.79 Å². The summed E-state index contributed by atoms with van der Waals surface area (Å²) in [5.74, 6) is -0.943. The lowest BCUT2D eigenvalue weighted by Crippen LogP contribution is -2.23. The van der Waals surface area contributed by atoms with Crippen LogP contribution in [-0.2, 0) is 11.2 Å². The molecule has 0 aromatic carbocycles. The lowest BCUT2D eigenvalue weighted by atomic mass is 10.2. The van der Waals surface area contributed by atoms with E-state index >= 15 is 0 Å². The summed E-state index contributed by atoms with van der Waals surface area (Å²) in [5, 5.41) is 8.65. The van der Waals surface area contributed by atoms with Gasteiger partial charge in [0, 0.05) is 11.9 Å². The minimum absolute atomic E-state index is 0.170. The van der Waals surface area contributed by atoms with Crippen molar-refractivity contribution < 1.29 is 9.90 Å². The Labute approximate surface area is 82.0 Å². The second-order valence-corrected chi connectivity index (χ2v) is 2.97. The zero-order valence-corrected chi connectivity index (χ0v) is 7.97. The highest BCUT2D eigenvalue weighted by Gasteiger charge is 2.17. The highest BCUT2D eigenvalue weighted by Crippen LogP contribution is 2.06. The van der Waals surface area contributed by atoms with Crippen LogP contribution in [0.1, 0.15) is 30.9 Å². The summed E-state index contributed by atoms with van der Waals surface area (Å²) in [5.41, 5.74) is 6.21. The molecule has 1 aromatic heterocycles. The van der Waals surface area contributed by atoms with E-state index < -0.39 is 12.0 Å². The average Bonchev–Trinajstić information content (AvgIpc) is 2.17. The fourth-order valence-electron chi connectivity index (χ4n) is 1.07. The lowest BCUT2D eigenvalue weighted by Gasteiger charge is -2.05. The molecule has 0 fully saturated rings. The second-order valence-electron chi connectivity index (χ2n) is 2.97. The molecule has 0 aliphatic rings. The van der Waals surface area contributed by atoms with E-state index in [0.29, 0.717) is 0 Å². The molecule has 5 nitrogen and oxygen atoms in total. The number of aryl methyl sites for hydroxylation is 1. The fraction of sp³-hybridized carbons (Fsp3) is 0.444. The number of rotatable bonds is 4. The summed E-state index contributed by atoms with van der Waals surface area (Å²) in [7, 11) is 0. The smallest absolute Gasteiger partial charge is 0.328 e. The third-order valence-electron chi connectivity index (χ3n) is 1.78. The van der Waals surface area contributed by atoms with Gasteiger partial charge in [0.1, 0.15) is 0 Å². The molecule has 0 spiro atoms. The Hall–Kier alpha value is -1.49. The summed E-state index contributed by atoms with van der Waals surface area (Å²) >= 11 is 0. The summed E-state index contributed by atoms with van der Waals surface area (Å²) in [6.07, 6.45) is 3.30. The molecule has 0 saturated carbocycles. The quantitative estimate of drug-likeness (QED) is 0.730. The van der Waals surface area contributed by atoms with E-state index in [4.69, 9.17) is 10.8 Å². The van der Waals surface area contributed by atoms with Crippen LogP contribution in [-0.4, -0.2) is 21.0 Å². The van der Waals surface area contributed by atoms with Crippen molar-refractivity contribution in [3.63, 3.8) is 0 Å². The predicted molar refractivity (Wildman–Crippen MR) is 50.6 cm³/mol. The van der Waals surface area contributed by atoms with Crippen LogP contribution < -0.4 is 5.73 Å². The molecule has 0 aliphatic heterocycles. The SMILES string of the molecule is CCCc1ccnc(C(N)C(=O)O)n1. The Balaban J connectivity index is 2.87. The number of aromatic nitrogens is 2. The van der Waals surface area contributed by atoms with Crippen molar-refractivity contribution in [1.29, 1.82) is 0 Å². The zero-order valence-electron chi connectivity index (χ0n) is 7.97. The van der Waals surface area contributed by atoms with Gasteiger partial charge in [-0.25, -0.2) is 9.97 Å². The van der Waals surface area contributed by atoms with E-state index in [1.165, 1.54) is 6.20 Å². The first-order chi connectivity index (χ1) is 6.65. The predicted octanol–water partition coefficient (Wildman–Crippen LogP) is 0.514. The van der Waals surface area contributed by atoms with Crippen molar-refractivity contribution in [3.8, 4) is 0 Å². The molecule has 1 atom stereocenters. The van der Waals surface area contributed by atoms with E-state index in [0.717, 1.165) is 18.5 Å². The number of nitrogens with zero attached hydrogens (tertiary/aromatic N) is 2. The first-order valence-electron chi connectivity index (χ1n) is 4.45. The van der Waals surface area contributed by atoms with E-state index in [1.807, 2.05) is 6.92 Å². The van der Waals surface area contributed by atoms with Gasteiger partial charge in [-0.3, -0.25) is 4.79 Å². The van der Waals surface area contributed by atoms with Crippen molar-refractivity contribution in [2.75, 3.05) is 0 Å². The molecule has 0 radical (unpaired) electrons. The Bertz CT molecular complexity index is 328. The van der Waals surface area contributed by atoms with Crippen LogP contribution in [0.2, 0.25) is 0 Å². The molecule has 76 valence electrons. The lowest BCUT2D eigenvalue weighted by molar-refractivity contribution is -0.138. The van der Waals surface area contributed by atoms with Gasteiger partial charge in [0.2, 0.25) is 0 Å². The van der Waals surface area contributed by atoms with Gasteiger partial charge in [0.25, 0.3) is 0 Å². The van der Waals surface area contributed by atoms with Gasteiger partial charge in [-0.05, 0) is 12.5 Å². The third-order valence-corrected chi connectivity index (χ3v) is 1.78. The van der Waals surface area contributed by atoms with Crippen molar-refractivity contribution in [3.05, 3.63) is 23.8 Å². The number of carboxylic acid groups (broad SMARTS) is 1. The van der Waals surface area contributed by atoms with E-state index in [1.54, 1.807) is 6.07 Å². The maximum atomic E-state index is 10.6. The molecule has 5 heteroatoms. The van der Waals surface area contributed by atoms with E-state index in [-0.39, 0.29) is 5.82 Å². The maximum absolute atomic E-state index is 10.6. The topological polar surface area (TPSA) is 89.1 Å². The van der Waals surface area contributed by atoms with Crippen molar-refractivity contribution in [1.82, 2.24) is 9.97 Å². The largest absolute Gasteiger partial charge is 0.480 e. The van der Waals surface area contributed by atoms with Crippen LogP contribution >= 0.6 is 0 Å². The van der Waals surface area contributed by atoms with Crippen LogP contribution in [0.4, 0.5) is 0 Å². The van der Waals surface area contributed by atoms with Gasteiger partial charge >= 0.3 is 5.97 Å². The Morgan fingerprint density at radius 2 is 2.43 bits per heavy atom. The van der Waals surface area contributed by atoms with Crippen molar-refractivity contribution in [2.45, 2.75) is 25.8 Å². The standard InChI is InChI=1S/C9H13N3O2/c1-2-3-6-4-5-11-8(12-6)7(10)9(13)14/h4-5,7H,2-3,10H2,1H3,(H,13,14). The van der Waals surface area contributed by atoms with Crippen molar-refractivity contribution in [2.24, 2.45) is 5.73 Å². The van der Waals surface area contributed by atoms with Gasteiger partial charge in [-0.15, -0.1) is 0 Å². The van der Waals surface area contributed by atoms with Gasteiger partial charge in [0.15, 0.2) is 11.9 Å². The maximum Gasteiger partial charge on any atom is 0.328 e. The molecule has 3 N–H and O–H groups in total. The third kappa shape index (κ3) is 2.50. The number of carboxylic acids is 1. The number of carbonyl (C=O) groups is 1. The van der Waals surface area contributed by atoms with E-state index in [2.05, 4.69) is 9.97 Å². The summed E-state index contributed by atoms with van der Waals surface area (Å²) in [4.78, 5) is 18.5. The molecule has 14 heavy (non-hydrogen) atoms. The summed E-state index contributed by atoms with van der Waals surface area (Å²) in [6, 6.07) is 0.633. The minimum Gasteiger partial charge on any atom is -0.480 e. The first kappa shape index (κ1) is 10.6. The molecular weight excluding hydrogens is 182 g/mol. The van der Waals surface area contributed by atoms with Crippen LogP contribution in [0.3, 0.4) is 0 Å². The molecule has 1 aromatic rings. The molecular formula is C9H13N3O2. The Morgan fingerprint density at radius 1 is 1.71 bits per heavy atom. The van der Waals surface area contributed by atoms with Gasteiger partial charge < -0.3 is 10.8 Å². The summed E-state index contributed by atoms with van der Waals surface area (Å²) in [6.45, 7) is 2.03.